The van der Waals surface area contributed by atoms with Gasteiger partial charge in [0.15, 0.2) is 4.80 Å². The fourth-order valence-electron chi connectivity index (χ4n) is 2.39. The van der Waals surface area contributed by atoms with Gasteiger partial charge < -0.3 is 19.4 Å². The van der Waals surface area contributed by atoms with Crippen molar-refractivity contribution < 1.29 is 14.3 Å². The zero-order valence-corrected chi connectivity index (χ0v) is 15.1. The molecular formula is C18H19N3O3S. The van der Waals surface area contributed by atoms with E-state index in [2.05, 4.69) is 10.3 Å². The van der Waals surface area contributed by atoms with Crippen molar-refractivity contribution in [2.45, 2.75) is 6.92 Å². The highest BCUT2D eigenvalue weighted by molar-refractivity contribution is 7.16. The second-order valence-electron chi connectivity index (χ2n) is 5.28. The maximum Gasteiger partial charge on any atom is 0.348 e. The smallest absolute Gasteiger partial charge is 0.348 e. The Labute approximate surface area is 149 Å². The number of anilines is 1. The maximum absolute atomic E-state index is 12.2. The van der Waals surface area contributed by atoms with Gasteiger partial charge in [0.2, 0.25) is 0 Å². The van der Waals surface area contributed by atoms with Crippen molar-refractivity contribution in [3.05, 3.63) is 47.3 Å². The molecule has 0 radical (unpaired) electrons. The van der Waals surface area contributed by atoms with Crippen LogP contribution in [0.1, 0.15) is 6.92 Å². The minimum atomic E-state index is -0.419. The minimum absolute atomic E-state index is 0.419. The summed E-state index contributed by atoms with van der Waals surface area (Å²) in [4.78, 5) is 17.0. The highest BCUT2D eigenvalue weighted by atomic mass is 32.1. The van der Waals surface area contributed by atoms with E-state index in [1.165, 1.54) is 11.3 Å². The number of nitrogens with one attached hydrogen (secondary N) is 1. The highest BCUT2D eigenvalue weighted by Gasteiger charge is 2.07. The zero-order chi connectivity index (χ0) is 17.8. The summed E-state index contributed by atoms with van der Waals surface area (Å²) >= 11 is 1.44. The van der Waals surface area contributed by atoms with Gasteiger partial charge in [-0.2, -0.15) is 4.99 Å². The van der Waals surface area contributed by atoms with Gasteiger partial charge in [-0.15, -0.1) is 0 Å². The molecule has 0 atom stereocenters. The lowest BCUT2D eigenvalue weighted by atomic mass is 10.3. The van der Waals surface area contributed by atoms with Crippen molar-refractivity contribution in [3.63, 3.8) is 0 Å². The van der Waals surface area contributed by atoms with E-state index in [1.54, 1.807) is 31.4 Å². The molecule has 25 heavy (non-hydrogen) atoms. The van der Waals surface area contributed by atoms with Crippen molar-refractivity contribution in [3.8, 4) is 11.5 Å². The Morgan fingerprint density at radius 1 is 1.20 bits per heavy atom. The first-order chi connectivity index (χ1) is 12.1. The first-order valence-corrected chi connectivity index (χ1v) is 8.64. The van der Waals surface area contributed by atoms with Gasteiger partial charge in [-0.3, -0.25) is 0 Å². The van der Waals surface area contributed by atoms with Gasteiger partial charge in [0.25, 0.3) is 0 Å². The second kappa shape index (κ2) is 7.40. The molecule has 1 aromatic heterocycles. The number of carbonyl (C=O) groups is 1. The lowest BCUT2D eigenvalue weighted by molar-refractivity contribution is 0.259. The predicted molar refractivity (Wildman–Crippen MR) is 99.5 cm³/mol. The third-order valence-electron chi connectivity index (χ3n) is 3.63. The summed E-state index contributed by atoms with van der Waals surface area (Å²) in [5.74, 6) is 1.54. The summed E-state index contributed by atoms with van der Waals surface area (Å²) in [6.07, 6.45) is 0. The Bertz CT molecular complexity index is 958. The summed E-state index contributed by atoms with van der Waals surface area (Å²) in [7, 11) is 3.49. The topological polar surface area (TPSA) is 64.8 Å². The standard InChI is InChI=1S/C18H19N3O3S/c1-4-24-14-9-10-15-16(11-14)25-18(21(15)2)20-17(22)19-12-5-7-13(23-3)8-6-12/h5-11H,4H2,1-3H3,(H,19,22). The Hall–Kier alpha value is -2.80. The van der Waals surface area contributed by atoms with Crippen LogP contribution in [0, 0.1) is 0 Å². The predicted octanol–water partition coefficient (Wildman–Crippen LogP) is 3.78. The number of nitrogens with zero attached hydrogens (tertiary/aromatic N) is 2. The van der Waals surface area contributed by atoms with Gasteiger partial charge in [-0.25, -0.2) is 4.79 Å². The first kappa shape index (κ1) is 17.0. The molecule has 0 aliphatic carbocycles. The Morgan fingerprint density at radius 3 is 2.60 bits per heavy atom. The van der Waals surface area contributed by atoms with Crippen molar-refractivity contribution in [2.24, 2.45) is 12.0 Å². The number of amides is 2. The average molecular weight is 357 g/mol. The molecule has 0 spiro atoms. The fourth-order valence-corrected chi connectivity index (χ4v) is 3.44. The van der Waals surface area contributed by atoms with Crippen LogP contribution in [-0.2, 0) is 7.05 Å². The minimum Gasteiger partial charge on any atom is -0.497 e. The monoisotopic (exact) mass is 357 g/mol. The number of benzene rings is 2. The molecule has 2 aromatic carbocycles. The molecule has 130 valence electrons. The molecule has 0 saturated heterocycles. The van der Waals surface area contributed by atoms with Crippen molar-refractivity contribution in [1.29, 1.82) is 0 Å². The van der Waals surface area contributed by atoms with E-state index in [9.17, 15) is 4.79 Å². The molecule has 1 N–H and O–H groups in total. The molecule has 0 saturated carbocycles. The van der Waals surface area contributed by atoms with Crippen LogP contribution >= 0.6 is 11.3 Å². The molecule has 1 heterocycles. The third-order valence-corrected chi connectivity index (χ3v) is 4.72. The number of hydrogen-bond donors (Lipinski definition) is 1. The molecule has 2 amide bonds. The maximum atomic E-state index is 12.2. The largest absolute Gasteiger partial charge is 0.497 e. The Morgan fingerprint density at radius 2 is 1.92 bits per heavy atom. The van der Waals surface area contributed by atoms with Crippen LogP contribution in [0.15, 0.2) is 47.5 Å². The number of ether oxygens (including phenoxy) is 2. The van der Waals surface area contributed by atoms with Crippen molar-refractivity contribution >= 4 is 33.3 Å². The Kier molecular flexibility index (Phi) is 5.04. The van der Waals surface area contributed by atoms with E-state index in [0.29, 0.717) is 17.1 Å². The van der Waals surface area contributed by atoms with Crippen LogP contribution in [0.4, 0.5) is 10.5 Å². The number of aromatic nitrogens is 1. The summed E-state index contributed by atoms with van der Waals surface area (Å²) in [5, 5.41) is 2.75. The zero-order valence-electron chi connectivity index (χ0n) is 14.3. The molecule has 0 bridgehead atoms. The van der Waals surface area contributed by atoms with Gasteiger partial charge in [-0.1, -0.05) is 11.3 Å². The third kappa shape index (κ3) is 3.83. The number of rotatable bonds is 4. The molecule has 0 aliphatic rings. The van der Waals surface area contributed by atoms with E-state index in [1.807, 2.05) is 36.7 Å². The lowest BCUT2D eigenvalue weighted by Crippen LogP contribution is -2.16. The fraction of sp³-hybridized carbons (Fsp3) is 0.222. The van der Waals surface area contributed by atoms with Gasteiger partial charge in [0.05, 0.1) is 23.9 Å². The van der Waals surface area contributed by atoms with E-state index in [0.717, 1.165) is 21.7 Å². The SMILES string of the molecule is CCOc1ccc2c(c1)sc(=NC(=O)Nc1ccc(OC)cc1)n2C. The molecular weight excluding hydrogens is 338 g/mol. The van der Waals surface area contributed by atoms with E-state index in [-0.39, 0.29) is 0 Å². The van der Waals surface area contributed by atoms with E-state index < -0.39 is 6.03 Å². The van der Waals surface area contributed by atoms with Gasteiger partial charge in [0, 0.05) is 12.7 Å². The van der Waals surface area contributed by atoms with Crippen molar-refractivity contribution in [1.82, 2.24) is 4.57 Å². The summed E-state index contributed by atoms with van der Waals surface area (Å²) < 4.78 is 13.5. The quantitative estimate of drug-likeness (QED) is 0.773. The number of carbonyl (C=O) groups excluding carboxylic acids is 1. The number of aryl methyl sites for hydroxylation is 1. The van der Waals surface area contributed by atoms with Crippen LogP contribution in [0.5, 0.6) is 11.5 Å². The molecule has 7 heteroatoms. The number of thiazole rings is 1. The molecule has 6 nitrogen and oxygen atoms in total. The lowest BCUT2D eigenvalue weighted by Gasteiger charge is -2.03. The van der Waals surface area contributed by atoms with Crippen LogP contribution in [0.2, 0.25) is 0 Å². The van der Waals surface area contributed by atoms with Crippen LogP contribution in [-0.4, -0.2) is 24.3 Å². The normalized spacial score (nSPS) is 11.6. The van der Waals surface area contributed by atoms with Crippen molar-refractivity contribution in [2.75, 3.05) is 19.0 Å². The second-order valence-corrected chi connectivity index (χ2v) is 6.29. The molecule has 0 unspecified atom stereocenters. The van der Waals surface area contributed by atoms with E-state index >= 15 is 0 Å². The number of urea groups is 1. The van der Waals surface area contributed by atoms with Crippen LogP contribution < -0.4 is 19.6 Å². The number of methoxy groups -OCH3 is 1. The average Bonchev–Trinajstić information content (AvgIpc) is 2.91. The Balaban J connectivity index is 1.86. The molecule has 0 aliphatic heterocycles. The van der Waals surface area contributed by atoms with Gasteiger partial charge in [-0.05, 0) is 49.4 Å². The highest BCUT2D eigenvalue weighted by Crippen LogP contribution is 2.23. The molecule has 3 rings (SSSR count). The molecule has 3 aromatic rings. The van der Waals surface area contributed by atoms with Gasteiger partial charge >= 0.3 is 6.03 Å². The number of fused-ring (bicyclic) bond motifs is 1. The summed E-state index contributed by atoms with van der Waals surface area (Å²) in [6.45, 7) is 2.56. The van der Waals surface area contributed by atoms with Crippen LogP contribution in [0.3, 0.4) is 0 Å². The van der Waals surface area contributed by atoms with Crippen LogP contribution in [0.25, 0.3) is 10.2 Å². The van der Waals surface area contributed by atoms with E-state index in [4.69, 9.17) is 9.47 Å². The summed E-state index contributed by atoms with van der Waals surface area (Å²) in [5.41, 5.74) is 1.67. The summed E-state index contributed by atoms with van der Waals surface area (Å²) in [6, 6.07) is 12.5. The number of hydrogen-bond acceptors (Lipinski definition) is 4. The molecule has 0 fully saturated rings. The van der Waals surface area contributed by atoms with Gasteiger partial charge in [0.1, 0.15) is 11.5 Å². The first-order valence-electron chi connectivity index (χ1n) is 7.83.